The molecular formula is C25H24N2O3S. The first-order valence-electron chi connectivity index (χ1n) is 10.2. The van der Waals surface area contributed by atoms with Crippen LogP contribution in [0.25, 0.3) is 10.2 Å². The van der Waals surface area contributed by atoms with E-state index in [-0.39, 0.29) is 12.5 Å². The first-order valence-corrected chi connectivity index (χ1v) is 11.0. The van der Waals surface area contributed by atoms with Gasteiger partial charge in [0.05, 0.1) is 23.9 Å². The molecule has 0 aliphatic heterocycles. The molecule has 0 aliphatic carbocycles. The maximum absolute atomic E-state index is 13.2. The number of benzene rings is 3. The number of aryl methyl sites for hydroxylation is 1. The van der Waals surface area contributed by atoms with Crippen molar-refractivity contribution in [3.63, 3.8) is 0 Å². The average Bonchev–Trinajstić information content (AvgIpc) is 3.24. The number of amides is 1. The van der Waals surface area contributed by atoms with E-state index in [9.17, 15) is 4.79 Å². The first-order chi connectivity index (χ1) is 15.2. The van der Waals surface area contributed by atoms with Crippen molar-refractivity contribution in [1.29, 1.82) is 0 Å². The van der Waals surface area contributed by atoms with E-state index in [4.69, 9.17) is 14.5 Å². The summed E-state index contributed by atoms with van der Waals surface area (Å²) >= 11 is 1.53. The molecule has 6 heteroatoms. The molecule has 1 aromatic heterocycles. The molecule has 0 atom stereocenters. The Morgan fingerprint density at radius 3 is 2.55 bits per heavy atom. The van der Waals surface area contributed by atoms with Crippen LogP contribution in [-0.2, 0) is 17.8 Å². The number of aromatic nitrogens is 1. The summed E-state index contributed by atoms with van der Waals surface area (Å²) < 4.78 is 12.1. The molecule has 0 fully saturated rings. The predicted octanol–water partition coefficient (Wildman–Crippen LogP) is 5.48. The van der Waals surface area contributed by atoms with Gasteiger partial charge in [0.1, 0.15) is 11.5 Å². The van der Waals surface area contributed by atoms with E-state index >= 15 is 0 Å². The molecule has 31 heavy (non-hydrogen) atoms. The van der Waals surface area contributed by atoms with Gasteiger partial charge in [0.15, 0.2) is 11.7 Å². The Bertz CT molecular complexity index is 1170. The topological polar surface area (TPSA) is 51.7 Å². The summed E-state index contributed by atoms with van der Waals surface area (Å²) in [6.45, 7) is 2.47. The van der Waals surface area contributed by atoms with E-state index in [0.717, 1.165) is 22.2 Å². The molecule has 4 aromatic rings. The van der Waals surface area contributed by atoms with Gasteiger partial charge in [0.25, 0.3) is 5.91 Å². The summed E-state index contributed by atoms with van der Waals surface area (Å²) in [6, 6.07) is 23.4. The molecular weight excluding hydrogens is 408 g/mol. The normalized spacial score (nSPS) is 10.8. The van der Waals surface area contributed by atoms with E-state index in [1.165, 1.54) is 16.9 Å². The molecule has 0 bridgehead atoms. The third-order valence-corrected chi connectivity index (χ3v) is 6.01. The second-order valence-corrected chi connectivity index (χ2v) is 8.09. The van der Waals surface area contributed by atoms with Crippen LogP contribution in [0.15, 0.2) is 72.8 Å². The Hall–Kier alpha value is -3.38. The summed E-state index contributed by atoms with van der Waals surface area (Å²) in [7, 11) is 1.60. The number of nitrogens with zero attached hydrogens (tertiary/aromatic N) is 2. The maximum Gasteiger partial charge on any atom is 0.267 e. The Morgan fingerprint density at radius 2 is 1.77 bits per heavy atom. The largest absolute Gasteiger partial charge is 0.497 e. The summed E-state index contributed by atoms with van der Waals surface area (Å²) in [4.78, 5) is 19.6. The number of carbonyl (C=O) groups is 1. The average molecular weight is 433 g/mol. The predicted molar refractivity (Wildman–Crippen MR) is 125 cm³/mol. The van der Waals surface area contributed by atoms with Gasteiger partial charge < -0.3 is 9.47 Å². The Labute approximate surface area is 185 Å². The van der Waals surface area contributed by atoms with Crippen LogP contribution in [0.2, 0.25) is 0 Å². The van der Waals surface area contributed by atoms with Crippen LogP contribution < -0.4 is 14.4 Å². The number of thiazole rings is 1. The van der Waals surface area contributed by atoms with Gasteiger partial charge in [0.2, 0.25) is 0 Å². The minimum absolute atomic E-state index is 0.0872. The summed E-state index contributed by atoms with van der Waals surface area (Å²) in [5.41, 5.74) is 3.19. The standard InChI is InChI=1S/C25H24N2O3S/c1-3-18-12-13-22-23(14-18)31-25(26-22)27(16-19-8-5-4-6-9-19)24(28)17-30-21-11-7-10-20(15-21)29-2/h4-15H,3,16-17H2,1-2H3. The van der Waals surface area contributed by atoms with Crippen molar-refractivity contribution in [1.82, 2.24) is 4.98 Å². The lowest BCUT2D eigenvalue weighted by molar-refractivity contribution is -0.120. The minimum atomic E-state index is -0.151. The zero-order valence-electron chi connectivity index (χ0n) is 17.6. The van der Waals surface area contributed by atoms with E-state index < -0.39 is 0 Å². The van der Waals surface area contributed by atoms with Crippen LogP contribution in [0.5, 0.6) is 11.5 Å². The number of carbonyl (C=O) groups excluding carboxylic acids is 1. The Morgan fingerprint density at radius 1 is 0.968 bits per heavy atom. The summed E-state index contributed by atoms with van der Waals surface area (Å²) in [5.74, 6) is 1.12. The lowest BCUT2D eigenvalue weighted by Crippen LogP contribution is -2.34. The Balaban J connectivity index is 1.59. The zero-order chi connectivity index (χ0) is 21.6. The van der Waals surface area contributed by atoms with E-state index in [1.54, 1.807) is 24.1 Å². The molecule has 4 rings (SSSR count). The molecule has 0 saturated heterocycles. The van der Waals surface area contributed by atoms with Crippen LogP contribution >= 0.6 is 11.3 Å². The van der Waals surface area contributed by atoms with Crippen LogP contribution in [-0.4, -0.2) is 24.6 Å². The van der Waals surface area contributed by atoms with Crippen molar-refractivity contribution >= 4 is 32.6 Å². The van der Waals surface area contributed by atoms with E-state index in [0.29, 0.717) is 23.2 Å². The zero-order valence-corrected chi connectivity index (χ0v) is 18.4. The minimum Gasteiger partial charge on any atom is -0.497 e. The molecule has 0 N–H and O–H groups in total. The van der Waals surface area contributed by atoms with E-state index in [1.807, 2.05) is 48.5 Å². The molecule has 0 spiro atoms. The fraction of sp³-hybridized carbons (Fsp3) is 0.200. The Kier molecular flexibility index (Phi) is 6.48. The molecule has 1 amide bonds. The maximum atomic E-state index is 13.2. The van der Waals surface area contributed by atoms with Crippen LogP contribution in [0.3, 0.4) is 0 Å². The van der Waals surface area contributed by atoms with Crippen molar-refractivity contribution in [2.24, 2.45) is 0 Å². The van der Waals surface area contributed by atoms with Crippen molar-refractivity contribution in [3.8, 4) is 11.5 Å². The molecule has 0 aliphatic rings. The number of fused-ring (bicyclic) bond motifs is 1. The second kappa shape index (κ2) is 9.62. The van der Waals surface area contributed by atoms with Gasteiger partial charge in [-0.1, -0.05) is 60.7 Å². The summed E-state index contributed by atoms with van der Waals surface area (Å²) in [5, 5.41) is 0.673. The van der Waals surface area contributed by atoms with Crippen molar-refractivity contribution in [3.05, 3.63) is 83.9 Å². The molecule has 3 aromatic carbocycles. The lowest BCUT2D eigenvalue weighted by Gasteiger charge is -2.20. The van der Waals surface area contributed by atoms with E-state index in [2.05, 4.69) is 19.1 Å². The van der Waals surface area contributed by atoms with Gasteiger partial charge >= 0.3 is 0 Å². The van der Waals surface area contributed by atoms with Crippen LogP contribution in [0, 0.1) is 0 Å². The third kappa shape index (κ3) is 5.03. The third-order valence-electron chi connectivity index (χ3n) is 4.97. The molecule has 5 nitrogen and oxygen atoms in total. The van der Waals surface area contributed by atoms with Crippen LogP contribution in [0.1, 0.15) is 18.1 Å². The number of hydrogen-bond donors (Lipinski definition) is 0. The van der Waals surface area contributed by atoms with Gasteiger partial charge in [-0.25, -0.2) is 4.98 Å². The van der Waals surface area contributed by atoms with Crippen molar-refractivity contribution in [2.75, 3.05) is 18.6 Å². The molecule has 0 saturated carbocycles. The monoisotopic (exact) mass is 432 g/mol. The SMILES string of the molecule is CCc1ccc2nc(N(Cc3ccccc3)C(=O)COc3cccc(OC)c3)sc2c1. The van der Waals surface area contributed by atoms with Gasteiger partial charge in [-0.3, -0.25) is 9.69 Å². The highest BCUT2D eigenvalue weighted by Gasteiger charge is 2.21. The van der Waals surface area contributed by atoms with Gasteiger partial charge in [-0.15, -0.1) is 0 Å². The number of ether oxygens (including phenoxy) is 2. The van der Waals surface area contributed by atoms with Crippen molar-refractivity contribution < 1.29 is 14.3 Å². The quantitative estimate of drug-likeness (QED) is 0.370. The first kappa shape index (κ1) is 20.9. The molecule has 0 radical (unpaired) electrons. The molecule has 1 heterocycles. The molecule has 158 valence electrons. The second-order valence-electron chi connectivity index (χ2n) is 7.09. The number of rotatable bonds is 8. The highest BCUT2D eigenvalue weighted by Crippen LogP contribution is 2.31. The van der Waals surface area contributed by atoms with Gasteiger partial charge in [-0.05, 0) is 41.8 Å². The molecule has 0 unspecified atom stereocenters. The number of hydrogen-bond acceptors (Lipinski definition) is 5. The van der Waals surface area contributed by atoms with Gasteiger partial charge in [-0.2, -0.15) is 0 Å². The fourth-order valence-electron chi connectivity index (χ4n) is 3.23. The number of methoxy groups -OCH3 is 1. The fourth-order valence-corrected chi connectivity index (χ4v) is 4.28. The van der Waals surface area contributed by atoms with Crippen molar-refractivity contribution in [2.45, 2.75) is 19.9 Å². The lowest BCUT2D eigenvalue weighted by atomic mass is 10.2. The summed E-state index contributed by atoms with van der Waals surface area (Å²) in [6.07, 6.45) is 0.963. The highest BCUT2D eigenvalue weighted by molar-refractivity contribution is 7.22. The smallest absolute Gasteiger partial charge is 0.267 e. The highest BCUT2D eigenvalue weighted by atomic mass is 32.1. The van der Waals surface area contributed by atoms with Gasteiger partial charge in [0, 0.05) is 6.07 Å². The van der Waals surface area contributed by atoms with Crippen LogP contribution in [0.4, 0.5) is 5.13 Å². The number of anilines is 1.